The van der Waals surface area contributed by atoms with Crippen LogP contribution in [0.2, 0.25) is 0 Å². The fourth-order valence-electron chi connectivity index (χ4n) is 2.11. The molecule has 0 aromatic heterocycles. The number of nitrogens with one attached hydrogen (secondary N) is 1. The third kappa shape index (κ3) is 4.81. The summed E-state index contributed by atoms with van der Waals surface area (Å²) >= 11 is 3.53. The monoisotopic (exact) mass is 317 g/mol. The maximum Gasteiger partial charge on any atom is 0.0253 e. The Morgan fingerprint density at radius 2 is 1.37 bits per heavy atom. The predicted molar refractivity (Wildman–Crippen MR) is 86.3 cm³/mol. The van der Waals surface area contributed by atoms with Crippen molar-refractivity contribution in [1.29, 1.82) is 0 Å². The minimum Gasteiger partial charge on any atom is -0.317 e. The molecule has 2 aromatic rings. The van der Waals surface area contributed by atoms with Gasteiger partial charge in [-0.25, -0.2) is 0 Å². The third-order valence-corrected chi connectivity index (χ3v) is 3.86. The summed E-state index contributed by atoms with van der Waals surface area (Å²) in [6.07, 6.45) is 4.22. The van der Waals surface area contributed by atoms with Gasteiger partial charge in [-0.15, -0.1) is 0 Å². The lowest BCUT2D eigenvalue weighted by Crippen LogP contribution is -2.21. The molecule has 1 aliphatic rings. The Balaban J connectivity index is 0.000000186. The molecule has 0 spiro atoms. The van der Waals surface area contributed by atoms with Gasteiger partial charge in [-0.1, -0.05) is 70.9 Å². The zero-order valence-electron chi connectivity index (χ0n) is 11.1. The summed E-state index contributed by atoms with van der Waals surface area (Å²) in [5.74, 6) is 0. The molecule has 19 heavy (non-hydrogen) atoms. The SMILES string of the molecule is Brc1ccccc1-c1ccccc1.C1CCNCC1. The molecule has 3 rings (SSSR count). The summed E-state index contributed by atoms with van der Waals surface area (Å²) in [5, 5.41) is 3.28. The summed E-state index contributed by atoms with van der Waals surface area (Å²) in [4.78, 5) is 0. The standard InChI is InChI=1S/C12H9Br.C5H11N/c13-12-9-5-4-8-11(12)10-6-2-1-3-7-10;1-2-4-6-5-3-1/h1-9H;6H,1-5H2. The van der Waals surface area contributed by atoms with E-state index in [0.29, 0.717) is 0 Å². The van der Waals surface area contributed by atoms with E-state index in [1.807, 2.05) is 18.2 Å². The Kier molecular flexibility index (Phi) is 6.12. The molecule has 1 aliphatic heterocycles. The van der Waals surface area contributed by atoms with Gasteiger partial charge in [0, 0.05) is 4.47 Å². The molecule has 1 heterocycles. The lowest BCUT2D eigenvalue weighted by molar-refractivity contribution is 0.520. The van der Waals surface area contributed by atoms with Crippen LogP contribution in [0.1, 0.15) is 19.3 Å². The van der Waals surface area contributed by atoms with E-state index in [0.717, 1.165) is 4.47 Å². The molecular formula is C17H20BrN. The smallest absolute Gasteiger partial charge is 0.0253 e. The summed E-state index contributed by atoms with van der Waals surface area (Å²) in [7, 11) is 0. The van der Waals surface area contributed by atoms with Crippen molar-refractivity contribution in [3.63, 3.8) is 0 Å². The molecule has 0 amide bonds. The quantitative estimate of drug-likeness (QED) is 0.790. The van der Waals surface area contributed by atoms with Crippen LogP contribution in [0.5, 0.6) is 0 Å². The van der Waals surface area contributed by atoms with Crippen LogP contribution in [0.25, 0.3) is 11.1 Å². The zero-order chi connectivity index (χ0) is 13.3. The Bertz CT molecular complexity index is 466. The first-order valence-electron chi connectivity index (χ1n) is 6.88. The number of halogens is 1. The van der Waals surface area contributed by atoms with Gasteiger partial charge < -0.3 is 5.32 Å². The first-order chi connectivity index (χ1) is 9.38. The second-order valence-corrected chi connectivity index (χ2v) is 5.51. The van der Waals surface area contributed by atoms with Crippen molar-refractivity contribution < 1.29 is 0 Å². The highest BCUT2D eigenvalue weighted by Gasteiger charge is 1.99. The Labute approximate surface area is 124 Å². The summed E-state index contributed by atoms with van der Waals surface area (Å²) < 4.78 is 1.14. The van der Waals surface area contributed by atoms with E-state index in [1.54, 1.807) is 0 Å². The van der Waals surface area contributed by atoms with Gasteiger partial charge >= 0.3 is 0 Å². The van der Waals surface area contributed by atoms with Crippen LogP contribution in [-0.4, -0.2) is 13.1 Å². The van der Waals surface area contributed by atoms with Crippen molar-refractivity contribution >= 4 is 15.9 Å². The molecule has 1 saturated heterocycles. The summed E-state index contributed by atoms with van der Waals surface area (Å²) in [5.41, 5.74) is 2.48. The van der Waals surface area contributed by atoms with E-state index in [9.17, 15) is 0 Å². The normalized spacial score (nSPS) is 14.4. The fraction of sp³-hybridized carbons (Fsp3) is 0.294. The molecule has 2 heteroatoms. The number of benzene rings is 2. The predicted octanol–water partition coefficient (Wildman–Crippen LogP) is 4.88. The highest BCUT2D eigenvalue weighted by molar-refractivity contribution is 9.10. The number of hydrogen-bond donors (Lipinski definition) is 1. The Hall–Kier alpha value is -1.12. The van der Waals surface area contributed by atoms with Gasteiger partial charge in [0.05, 0.1) is 0 Å². The fourth-order valence-corrected chi connectivity index (χ4v) is 2.63. The van der Waals surface area contributed by atoms with Gasteiger partial charge in [0.15, 0.2) is 0 Å². The van der Waals surface area contributed by atoms with Crippen LogP contribution in [0, 0.1) is 0 Å². The first-order valence-corrected chi connectivity index (χ1v) is 7.68. The molecule has 0 atom stereocenters. The number of hydrogen-bond acceptors (Lipinski definition) is 1. The van der Waals surface area contributed by atoms with Gasteiger partial charge in [0.25, 0.3) is 0 Å². The first kappa shape index (κ1) is 14.3. The van der Waals surface area contributed by atoms with Crippen LogP contribution in [-0.2, 0) is 0 Å². The highest BCUT2D eigenvalue weighted by Crippen LogP contribution is 2.27. The van der Waals surface area contributed by atoms with Crippen molar-refractivity contribution in [2.45, 2.75) is 19.3 Å². The zero-order valence-corrected chi connectivity index (χ0v) is 12.7. The highest BCUT2D eigenvalue weighted by atomic mass is 79.9. The van der Waals surface area contributed by atoms with Gasteiger partial charge in [-0.2, -0.15) is 0 Å². The summed E-state index contributed by atoms with van der Waals surface area (Å²) in [6, 6.07) is 18.6. The van der Waals surface area contributed by atoms with Crippen LogP contribution >= 0.6 is 15.9 Å². The summed E-state index contributed by atoms with van der Waals surface area (Å²) in [6.45, 7) is 2.50. The van der Waals surface area contributed by atoms with Crippen LogP contribution in [0.4, 0.5) is 0 Å². The van der Waals surface area contributed by atoms with Gasteiger partial charge in [-0.05, 0) is 43.1 Å². The van der Waals surface area contributed by atoms with E-state index in [4.69, 9.17) is 0 Å². The minimum absolute atomic E-state index is 1.14. The number of rotatable bonds is 1. The van der Waals surface area contributed by atoms with Crippen LogP contribution in [0.15, 0.2) is 59.1 Å². The van der Waals surface area contributed by atoms with Gasteiger partial charge in [-0.3, -0.25) is 0 Å². The molecule has 0 aliphatic carbocycles. The van der Waals surface area contributed by atoms with Crippen molar-refractivity contribution in [2.24, 2.45) is 0 Å². The number of piperidine rings is 1. The second kappa shape index (κ2) is 8.13. The molecule has 2 aromatic carbocycles. The average molecular weight is 318 g/mol. The van der Waals surface area contributed by atoms with Crippen molar-refractivity contribution in [3.8, 4) is 11.1 Å². The van der Waals surface area contributed by atoms with E-state index < -0.39 is 0 Å². The lowest BCUT2D eigenvalue weighted by atomic mass is 10.1. The molecule has 0 unspecified atom stereocenters. The largest absolute Gasteiger partial charge is 0.317 e. The van der Waals surface area contributed by atoms with Gasteiger partial charge in [0.1, 0.15) is 0 Å². The molecule has 1 fully saturated rings. The Morgan fingerprint density at radius 3 is 1.89 bits per heavy atom. The van der Waals surface area contributed by atoms with Gasteiger partial charge in [0.2, 0.25) is 0 Å². The molecular weight excluding hydrogens is 298 g/mol. The molecule has 100 valence electrons. The van der Waals surface area contributed by atoms with Crippen LogP contribution < -0.4 is 5.32 Å². The van der Waals surface area contributed by atoms with E-state index >= 15 is 0 Å². The van der Waals surface area contributed by atoms with E-state index in [1.165, 1.54) is 43.5 Å². The third-order valence-electron chi connectivity index (χ3n) is 3.17. The molecule has 0 radical (unpaired) electrons. The topological polar surface area (TPSA) is 12.0 Å². The molecule has 0 saturated carbocycles. The van der Waals surface area contributed by atoms with Crippen LogP contribution in [0.3, 0.4) is 0 Å². The second-order valence-electron chi connectivity index (χ2n) is 4.66. The molecule has 0 bridgehead atoms. The maximum absolute atomic E-state index is 3.53. The minimum atomic E-state index is 1.14. The average Bonchev–Trinajstić information content (AvgIpc) is 2.51. The molecule has 1 nitrogen and oxygen atoms in total. The molecule has 1 N–H and O–H groups in total. The van der Waals surface area contributed by atoms with Crippen molar-refractivity contribution in [3.05, 3.63) is 59.1 Å². The van der Waals surface area contributed by atoms with Crippen molar-refractivity contribution in [2.75, 3.05) is 13.1 Å². The van der Waals surface area contributed by atoms with E-state index in [-0.39, 0.29) is 0 Å². The van der Waals surface area contributed by atoms with E-state index in [2.05, 4.69) is 57.6 Å². The maximum atomic E-state index is 3.53. The lowest BCUT2D eigenvalue weighted by Gasteiger charge is -2.08. The Morgan fingerprint density at radius 1 is 0.737 bits per heavy atom. The van der Waals surface area contributed by atoms with Crippen molar-refractivity contribution in [1.82, 2.24) is 5.32 Å².